The summed E-state index contributed by atoms with van der Waals surface area (Å²) in [7, 11) is 0. The van der Waals surface area contributed by atoms with E-state index in [1.54, 1.807) is 18.4 Å². The van der Waals surface area contributed by atoms with Gasteiger partial charge in [0.2, 0.25) is 0 Å². The molecule has 0 radical (unpaired) electrons. The molecule has 1 atom stereocenters. The maximum absolute atomic E-state index is 5.72. The fourth-order valence-corrected chi connectivity index (χ4v) is 2.95. The first kappa shape index (κ1) is 16.3. The number of nitrogens with zero attached hydrogens (tertiary/aromatic N) is 2. The quantitative estimate of drug-likeness (QED) is 0.580. The Morgan fingerprint density at radius 3 is 2.38 bits per heavy atom. The third kappa shape index (κ3) is 3.58. The summed E-state index contributed by atoms with van der Waals surface area (Å²) >= 11 is 0. The summed E-state index contributed by atoms with van der Waals surface area (Å²) < 4.78 is 11.0. The second-order valence-electron chi connectivity index (χ2n) is 6.22. The van der Waals surface area contributed by atoms with Crippen LogP contribution < -0.4 is 5.32 Å². The molecule has 130 valence electrons. The van der Waals surface area contributed by atoms with Crippen LogP contribution in [0, 0.1) is 6.92 Å². The Kier molecular flexibility index (Phi) is 4.62. The summed E-state index contributed by atoms with van der Waals surface area (Å²) in [4.78, 5) is 0. The summed E-state index contributed by atoms with van der Waals surface area (Å²) in [6.07, 6.45) is 1.59. The topological polar surface area (TPSA) is 68.7 Å². The maximum Gasteiger partial charge on any atom is 0.283 e. The van der Waals surface area contributed by atoms with E-state index in [9.17, 15) is 0 Å². The molecule has 4 aromatic rings. The fraction of sp³-hybridized carbons (Fsp3) is 0.143. The molecule has 0 saturated heterocycles. The lowest BCUT2D eigenvalue weighted by Gasteiger charge is -2.16. The van der Waals surface area contributed by atoms with Gasteiger partial charge in [-0.3, -0.25) is 0 Å². The minimum Gasteiger partial charge on any atom is -0.459 e. The van der Waals surface area contributed by atoms with Gasteiger partial charge in [-0.25, -0.2) is 0 Å². The highest BCUT2D eigenvalue weighted by molar-refractivity contribution is 5.42. The smallest absolute Gasteiger partial charge is 0.283 e. The molecule has 26 heavy (non-hydrogen) atoms. The van der Waals surface area contributed by atoms with Crippen LogP contribution in [0.15, 0.2) is 81.8 Å². The van der Waals surface area contributed by atoms with Gasteiger partial charge in [0.1, 0.15) is 6.04 Å². The van der Waals surface area contributed by atoms with Crippen molar-refractivity contribution in [2.24, 2.45) is 0 Å². The van der Waals surface area contributed by atoms with Gasteiger partial charge in [0.15, 0.2) is 12.3 Å². The van der Waals surface area contributed by atoms with E-state index in [2.05, 4.69) is 71.0 Å². The van der Waals surface area contributed by atoms with E-state index >= 15 is 0 Å². The highest BCUT2D eigenvalue weighted by Crippen LogP contribution is 2.20. The fourth-order valence-electron chi connectivity index (χ4n) is 2.95. The Morgan fingerprint density at radius 1 is 0.885 bits per heavy atom. The number of benzene rings is 2. The van der Waals surface area contributed by atoms with Crippen LogP contribution in [0.4, 0.5) is 0 Å². The summed E-state index contributed by atoms with van der Waals surface area (Å²) in [5.74, 6) is 1.57. The van der Waals surface area contributed by atoms with E-state index < -0.39 is 0 Å². The van der Waals surface area contributed by atoms with E-state index in [1.165, 1.54) is 16.7 Å². The summed E-state index contributed by atoms with van der Waals surface area (Å²) in [6, 6.07) is 22.8. The van der Waals surface area contributed by atoms with Crippen LogP contribution in [-0.2, 0) is 6.54 Å². The molecule has 5 nitrogen and oxygen atoms in total. The highest BCUT2D eigenvalue weighted by Gasteiger charge is 2.19. The molecule has 0 aliphatic carbocycles. The van der Waals surface area contributed by atoms with Crippen molar-refractivity contribution in [3.63, 3.8) is 0 Å². The van der Waals surface area contributed by atoms with Crippen LogP contribution in [0.1, 0.15) is 28.6 Å². The van der Waals surface area contributed by atoms with Crippen LogP contribution in [0.25, 0.3) is 11.7 Å². The maximum atomic E-state index is 5.72. The number of aromatic nitrogens is 2. The minimum absolute atomic E-state index is 0.163. The molecule has 0 unspecified atom stereocenters. The largest absolute Gasteiger partial charge is 0.459 e. The van der Waals surface area contributed by atoms with Crippen molar-refractivity contribution < 1.29 is 14.2 Å². The molecule has 0 aliphatic heterocycles. The normalized spacial score (nSPS) is 12.2. The molecule has 0 aliphatic rings. The molecular formula is C21H20N3O2+. The molecule has 4 rings (SSSR count). The second kappa shape index (κ2) is 7.37. The van der Waals surface area contributed by atoms with Crippen molar-refractivity contribution in [3.05, 3.63) is 95.6 Å². The zero-order chi connectivity index (χ0) is 17.8. The van der Waals surface area contributed by atoms with Gasteiger partial charge in [-0.05, 0) is 19.1 Å². The van der Waals surface area contributed by atoms with Crippen molar-refractivity contribution in [3.8, 4) is 11.7 Å². The Balaban J connectivity index is 1.54. The van der Waals surface area contributed by atoms with E-state index in [0.717, 1.165) is 0 Å². The zero-order valence-electron chi connectivity index (χ0n) is 14.5. The van der Waals surface area contributed by atoms with Gasteiger partial charge in [-0.1, -0.05) is 60.2 Å². The second-order valence-corrected chi connectivity index (χ2v) is 6.22. The number of nitrogens with two attached hydrogens (primary N) is 1. The lowest BCUT2D eigenvalue weighted by Crippen LogP contribution is -2.84. The molecule has 2 N–H and O–H groups in total. The SMILES string of the molecule is Cc1ccc([C@@H]([NH2+]Cc2nnc(-c3ccco3)o2)c2ccccc2)cc1. The van der Waals surface area contributed by atoms with Crippen molar-refractivity contribution in [2.75, 3.05) is 0 Å². The molecule has 0 amide bonds. The number of quaternary nitrogens is 1. The first-order valence-electron chi connectivity index (χ1n) is 8.61. The number of aryl methyl sites for hydroxylation is 1. The van der Waals surface area contributed by atoms with Crippen molar-refractivity contribution in [2.45, 2.75) is 19.5 Å². The Labute approximate surface area is 151 Å². The average molecular weight is 346 g/mol. The van der Waals surface area contributed by atoms with Gasteiger partial charge >= 0.3 is 0 Å². The van der Waals surface area contributed by atoms with E-state index in [-0.39, 0.29) is 6.04 Å². The molecule has 2 aromatic carbocycles. The Hall–Kier alpha value is -3.18. The predicted molar refractivity (Wildman–Crippen MR) is 97.1 cm³/mol. The van der Waals surface area contributed by atoms with Crippen LogP contribution in [0.3, 0.4) is 0 Å². The summed E-state index contributed by atoms with van der Waals surface area (Å²) in [6.45, 7) is 2.68. The lowest BCUT2D eigenvalue weighted by molar-refractivity contribution is -0.704. The Morgan fingerprint density at radius 2 is 1.65 bits per heavy atom. The van der Waals surface area contributed by atoms with Crippen molar-refractivity contribution >= 4 is 0 Å². The Bertz CT molecular complexity index is 945. The van der Waals surface area contributed by atoms with Gasteiger partial charge in [-0.2, -0.15) is 0 Å². The molecule has 0 fully saturated rings. The molecule has 2 aromatic heterocycles. The third-order valence-electron chi connectivity index (χ3n) is 4.32. The molecular weight excluding hydrogens is 326 g/mol. The molecule has 0 spiro atoms. The predicted octanol–water partition coefficient (Wildman–Crippen LogP) is 3.49. The number of hydrogen-bond acceptors (Lipinski definition) is 4. The van der Waals surface area contributed by atoms with E-state index in [4.69, 9.17) is 8.83 Å². The standard InChI is InChI=1S/C21H19N3O2/c1-15-9-11-17(12-10-15)20(16-6-3-2-4-7-16)22-14-19-23-24-21(26-19)18-8-5-13-25-18/h2-13,20,22H,14H2,1H3/p+1/t20-/m0/s1. The number of rotatable bonds is 6. The van der Waals surface area contributed by atoms with Gasteiger partial charge in [-0.15, -0.1) is 10.2 Å². The first-order chi connectivity index (χ1) is 12.8. The van der Waals surface area contributed by atoms with Gasteiger partial charge in [0.25, 0.3) is 11.8 Å². The zero-order valence-corrected chi connectivity index (χ0v) is 14.5. The highest BCUT2D eigenvalue weighted by atomic mass is 16.4. The lowest BCUT2D eigenvalue weighted by atomic mass is 9.98. The van der Waals surface area contributed by atoms with Gasteiger partial charge in [0, 0.05) is 11.1 Å². The number of furan rings is 1. The van der Waals surface area contributed by atoms with E-state index in [0.29, 0.717) is 24.1 Å². The van der Waals surface area contributed by atoms with Crippen LogP contribution in [0.5, 0.6) is 0 Å². The molecule has 5 heteroatoms. The number of hydrogen-bond donors (Lipinski definition) is 1. The average Bonchev–Trinajstić information content (AvgIpc) is 3.36. The van der Waals surface area contributed by atoms with Crippen molar-refractivity contribution in [1.82, 2.24) is 10.2 Å². The van der Waals surface area contributed by atoms with Gasteiger partial charge in [0.05, 0.1) is 6.26 Å². The van der Waals surface area contributed by atoms with Crippen LogP contribution in [-0.4, -0.2) is 10.2 Å². The van der Waals surface area contributed by atoms with Gasteiger partial charge < -0.3 is 14.2 Å². The van der Waals surface area contributed by atoms with Crippen LogP contribution in [0.2, 0.25) is 0 Å². The molecule has 0 saturated carbocycles. The minimum atomic E-state index is 0.163. The monoisotopic (exact) mass is 346 g/mol. The molecule has 2 heterocycles. The summed E-state index contributed by atoms with van der Waals surface area (Å²) in [5.41, 5.74) is 3.73. The first-order valence-corrected chi connectivity index (χ1v) is 8.61. The van der Waals surface area contributed by atoms with Crippen LogP contribution >= 0.6 is 0 Å². The molecule has 0 bridgehead atoms. The van der Waals surface area contributed by atoms with Crippen molar-refractivity contribution in [1.29, 1.82) is 0 Å². The van der Waals surface area contributed by atoms with E-state index in [1.807, 2.05) is 6.07 Å². The third-order valence-corrected chi connectivity index (χ3v) is 4.32. The summed E-state index contributed by atoms with van der Waals surface area (Å²) in [5, 5.41) is 10.4.